The molecular weight excluding hydrogens is 243 g/mol. The Labute approximate surface area is 101 Å². The highest BCUT2D eigenvalue weighted by molar-refractivity contribution is 7.99. The van der Waals surface area contributed by atoms with E-state index in [0.717, 1.165) is 6.07 Å². The summed E-state index contributed by atoms with van der Waals surface area (Å²) in [4.78, 5) is 19.1. The molecule has 0 aliphatic rings. The summed E-state index contributed by atoms with van der Waals surface area (Å²) in [6.45, 7) is 0. The molecule has 0 bridgehead atoms. The zero-order valence-electron chi connectivity index (χ0n) is 8.50. The Bertz CT molecular complexity index is 548. The maximum Gasteiger partial charge on any atom is 0.338 e. The van der Waals surface area contributed by atoms with Crippen molar-refractivity contribution < 1.29 is 14.3 Å². The van der Waals surface area contributed by atoms with Gasteiger partial charge in [0.1, 0.15) is 17.2 Å². The molecule has 86 valence electrons. The van der Waals surface area contributed by atoms with Gasteiger partial charge in [0.15, 0.2) is 0 Å². The summed E-state index contributed by atoms with van der Waals surface area (Å²) >= 11 is 1.25. The van der Waals surface area contributed by atoms with Crippen LogP contribution in [0.2, 0.25) is 0 Å². The van der Waals surface area contributed by atoms with E-state index < -0.39 is 11.8 Å². The van der Waals surface area contributed by atoms with Gasteiger partial charge in [-0.25, -0.2) is 19.2 Å². The standard InChI is InChI=1S/C11H7FN2O2S/c12-9-2-1-7(5-8(9)11(15)16)17-10-3-4-13-6-14-10/h1-6H,(H,15,16). The van der Waals surface area contributed by atoms with Gasteiger partial charge in [-0.2, -0.15) is 0 Å². The summed E-state index contributed by atoms with van der Waals surface area (Å²) in [6, 6.07) is 5.61. The highest BCUT2D eigenvalue weighted by Gasteiger charge is 2.11. The first-order valence-electron chi connectivity index (χ1n) is 4.63. The Morgan fingerprint density at radius 1 is 1.35 bits per heavy atom. The molecule has 0 unspecified atom stereocenters. The van der Waals surface area contributed by atoms with Crippen LogP contribution >= 0.6 is 11.8 Å². The third-order valence-electron chi connectivity index (χ3n) is 1.95. The molecule has 0 saturated carbocycles. The third-order valence-corrected chi connectivity index (χ3v) is 2.89. The van der Waals surface area contributed by atoms with Crippen LogP contribution in [0, 0.1) is 5.82 Å². The van der Waals surface area contributed by atoms with Crippen molar-refractivity contribution in [1.29, 1.82) is 0 Å². The Kier molecular flexibility index (Phi) is 3.34. The highest BCUT2D eigenvalue weighted by Crippen LogP contribution is 2.26. The van der Waals surface area contributed by atoms with Crippen LogP contribution in [0.3, 0.4) is 0 Å². The minimum Gasteiger partial charge on any atom is -0.478 e. The number of aromatic nitrogens is 2. The van der Waals surface area contributed by atoms with Gasteiger partial charge in [-0.1, -0.05) is 11.8 Å². The number of carbonyl (C=O) groups is 1. The van der Waals surface area contributed by atoms with Gasteiger partial charge in [-0.3, -0.25) is 0 Å². The summed E-state index contributed by atoms with van der Waals surface area (Å²) in [5.74, 6) is -2.03. The molecule has 2 rings (SSSR count). The Morgan fingerprint density at radius 2 is 2.18 bits per heavy atom. The molecule has 0 aliphatic carbocycles. The van der Waals surface area contributed by atoms with Crippen LogP contribution in [0.15, 0.2) is 46.7 Å². The first kappa shape index (κ1) is 11.5. The van der Waals surface area contributed by atoms with Gasteiger partial charge in [-0.05, 0) is 24.3 Å². The van der Waals surface area contributed by atoms with Gasteiger partial charge in [-0.15, -0.1) is 0 Å². The molecule has 0 spiro atoms. The second kappa shape index (κ2) is 4.92. The fourth-order valence-corrected chi connectivity index (χ4v) is 1.97. The molecule has 0 amide bonds. The van der Waals surface area contributed by atoms with E-state index in [1.165, 1.54) is 30.2 Å². The summed E-state index contributed by atoms with van der Waals surface area (Å²) < 4.78 is 13.1. The van der Waals surface area contributed by atoms with Crippen molar-refractivity contribution in [3.05, 3.63) is 48.2 Å². The monoisotopic (exact) mass is 250 g/mol. The molecule has 1 aromatic heterocycles. The molecule has 2 aromatic rings. The van der Waals surface area contributed by atoms with E-state index in [9.17, 15) is 9.18 Å². The third kappa shape index (κ3) is 2.79. The zero-order chi connectivity index (χ0) is 12.3. The van der Waals surface area contributed by atoms with Crippen molar-refractivity contribution in [2.75, 3.05) is 0 Å². The van der Waals surface area contributed by atoms with Crippen LogP contribution in [0.5, 0.6) is 0 Å². The van der Waals surface area contributed by atoms with Crippen molar-refractivity contribution >= 4 is 17.7 Å². The van der Waals surface area contributed by atoms with Crippen molar-refractivity contribution in [3.8, 4) is 0 Å². The fraction of sp³-hybridized carbons (Fsp3) is 0. The number of hydrogen-bond acceptors (Lipinski definition) is 4. The maximum absolute atomic E-state index is 13.1. The van der Waals surface area contributed by atoms with Crippen molar-refractivity contribution in [1.82, 2.24) is 9.97 Å². The van der Waals surface area contributed by atoms with Crippen molar-refractivity contribution in [2.24, 2.45) is 0 Å². The SMILES string of the molecule is O=C(O)c1cc(Sc2ccncn2)ccc1F. The minimum atomic E-state index is -1.28. The van der Waals surface area contributed by atoms with Gasteiger partial charge in [0.25, 0.3) is 0 Å². The Balaban J connectivity index is 2.29. The number of nitrogens with zero attached hydrogens (tertiary/aromatic N) is 2. The minimum absolute atomic E-state index is 0.343. The van der Waals surface area contributed by atoms with Crippen LogP contribution in [-0.2, 0) is 0 Å². The zero-order valence-corrected chi connectivity index (χ0v) is 9.32. The average molecular weight is 250 g/mol. The summed E-state index contributed by atoms with van der Waals surface area (Å²) in [5, 5.41) is 9.45. The lowest BCUT2D eigenvalue weighted by Gasteiger charge is -2.02. The van der Waals surface area contributed by atoms with E-state index in [0.29, 0.717) is 9.92 Å². The normalized spacial score (nSPS) is 10.2. The summed E-state index contributed by atoms with van der Waals surface area (Å²) in [5.41, 5.74) is -0.343. The van der Waals surface area contributed by atoms with Crippen LogP contribution < -0.4 is 0 Å². The number of carboxylic acids is 1. The molecule has 4 nitrogen and oxygen atoms in total. The maximum atomic E-state index is 13.1. The van der Waals surface area contributed by atoms with E-state index >= 15 is 0 Å². The molecule has 1 heterocycles. The highest BCUT2D eigenvalue weighted by atomic mass is 32.2. The van der Waals surface area contributed by atoms with E-state index in [-0.39, 0.29) is 5.56 Å². The number of hydrogen-bond donors (Lipinski definition) is 1. The first-order valence-corrected chi connectivity index (χ1v) is 5.45. The van der Waals surface area contributed by atoms with Crippen molar-refractivity contribution in [2.45, 2.75) is 9.92 Å². The predicted octanol–water partition coefficient (Wildman–Crippen LogP) is 2.47. The second-order valence-corrected chi connectivity index (χ2v) is 4.19. The lowest BCUT2D eigenvalue weighted by Crippen LogP contribution is -2.00. The number of aromatic carboxylic acids is 1. The molecule has 0 fully saturated rings. The largest absolute Gasteiger partial charge is 0.478 e. The first-order chi connectivity index (χ1) is 8.16. The Hall–Kier alpha value is -1.95. The van der Waals surface area contributed by atoms with Gasteiger partial charge in [0, 0.05) is 11.1 Å². The topological polar surface area (TPSA) is 63.1 Å². The van der Waals surface area contributed by atoms with Gasteiger partial charge in [0.2, 0.25) is 0 Å². The molecule has 0 saturated heterocycles. The second-order valence-electron chi connectivity index (χ2n) is 3.10. The molecule has 6 heteroatoms. The number of benzene rings is 1. The van der Waals surface area contributed by atoms with Crippen molar-refractivity contribution in [3.63, 3.8) is 0 Å². The van der Waals surface area contributed by atoms with Crippen LogP contribution in [0.25, 0.3) is 0 Å². The number of carboxylic acid groups (broad SMARTS) is 1. The lowest BCUT2D eigenvalue weighted by atomic mass is 10.2. The number of rotatable bonds is 3. The Morgan fingerprint density at radius 3 is 2.82 bits per heavy atom. The molecule has 0 aliphatic heterocycles. The lowest BCUT2D eigenvalue weighted by molar-refractivity contribution is 0.0691. The molecule has 0 atom stereocenters. The smallest absolute Gasteiger partial charge is 0.338 e. The van der Waals surface area contributed by atoms with E-state index in [4.69, 9.17) is 5.11 Å². The predicted molar refractivity (Wildman–Crippen MR) is 59.5 cm³/mol. The summed E-state index contributed by atoms with van der Waals surface area (Å²) in [7, 11) is 0. The van der Waals surface area contributed by atoms with Gasteiger partial charge in [0.05, 0.1) is 5.56 Å². The van der Waals surface area contributed by atoms with Gasteiger partial charge < -0.3 is 5.11 Å². The quantitative estimate of drug-likeness (QED) is 0.848. The van der Waals surface area contributed by atoms with Gasteiger partial charge >= 0.3 is 5.97 Å². The molecule has 17 heavy (non-hydrogen) atoms. The van der Waals surface area contributed by atoms with E-state index in [1.807, 2.05) is 0 Å². The number of halogens is 1. The average Bonchev–Trinajstić information content (AvgIpc) is 2.32. The van der Waals surface area contributed by atoms with Crippen LogP contribution in [0.1, 0.15) is 10.4 Å². The van der Waals surface area contributed by atoms with Crippen LogP contribution in [0.4, 0.5) is 4.39 Å². The fourth-order valence-electron chi connectivity index (χ4n) is 1.19. The molecule has 1 N–H and O–H groups in total. The molecular formula is C11H7FN2O2S. The van der Waals surface area contributed by atoms with E-state index in [1.54, 1.807) is 12.3 Å². The summed E-state index contributed by atoms with van der Waals surface area (Å²) in [6.07, 6.45) is 2.97. The molecule has 1 aromatic carbocycles. The van der Waals surface area contributed by atoms with Crippen LogP contribution in [-0.4, -0.2) is 21.0 Å². The molecule has 0 radical (unpaired) electrons. The van der Waals surface area contributed by atoms with E-state index in [2.05, 4.69) is 9.97 Å².